The summed E-state index contributed by atoms with van der Waals surface area (Å²) in [6.07, 6.45) is -9.49. The third kappa shape index (κ3) is 9.36. The lowest BCUT2D eigenvalue weighted by Crippen LogP contribution is -2.25. The smallest absolute Gasteiger partial charge is 0.481 e. The molecule has 0 radical (unpaired) electrons. The first-order valence-corrected chi connectivity index (χ1v) is 7.87. The van der Waals surface area contributed by atoms with Gasteiger partial charge in [-0.3, -0.25) is 4.79 Å². The maximum Gasteiger partial charge on any atom is 0.573 e. The topological polar surface area (TPSA) is 81.8 Å². The Morgan fingerprint density at radius 2 is 1.56 bits per heavy atom. The van der Waals surface area contributed by atoms with Crippen LogP contribution in [0.2, 0.25) is 0 Å². The van der Waals surface area contributed by atoms with Gasteiger partial charge in [0.1, 0.15) is 11.5 Å². The molecule has 27 heavy (non-hydrogen) atoms. The van der Waals surface area contributed by atoms with E-state index in [2.05, 4.69) is 9.47 Å². The highest BCUT2D eigenvalue weighted by Crippen LogP contribution is 2.32. The Balaban J connectivity index is 2.89. The van der Waals surface area contributed by atoms with Gasteiger partial charge in [-0.05, 0) is 42.9 Å². The second-order valence-corrected chi connectivity index (χ2v) is 6.06. The van der Waals surface area contributed by atoms with Gasteiger partial charge in [-0.1, -0.05) is 6.92 Å². The van der Waals surface area contributed by atoms with Gasteiger partial charge in [0.15, 0.2) is 0 Å². The number of nitrogens with two attached hydrogens (primary N) is 1. The van der Waals surface area contributed by atoms with E-state index >= 15 is 0 Å². The van der Waals surface area contributed by atoms with Crippen LogP contribution in [0.15, 0.2) is 18.2 Å². The van der Waals surface area contributed by atoms with Crippen molar-refractivity contribution in [3.63, 3.8) is 0 Å². The van der Waals surface area contributed by atoms with Crippen molar-refractivity contribution in [3.05, 3.63) is 23.8 Å². The van der Waals surface area contributed by atoms with Gasteiger partial charge in [0, 0.05) is 12.6 Å². The van der Waals surface area contributed by atoms with Crippen LogP contribution in [0.5, 0.6) is 11.5 Å². The molecule has 0 heterocycles. The van der Waals surface area contributed by atoms with Crippen molar-refractivity contribution in [1.82, 2.24) is 0 Å². The van der Waals surface area contributed by atoms with Crippen molar-refractivity contribution in [3.8, 4) is 11.5 Å². The fourth-order valence-electron chi connectivity index (χ4n) is 2.47. The molecule has 2 unspecified atom stereocenters. The van der Waals surface area contributed by atoms with Gasteiger partial charge >= 0.3 is 18.7 Å². The summed E-state index contributed by atoms with van der Waals surface area (Å²) in [6.45, 7) is 1.65. The molecule has 0 aliphatic carbocycles. The summed E-state index contributed by atoms with van der Waals surface area (Å²) in [5.41, 5.74) is 5.49. The minimum atomic E-state index is -5.07. The van der Waals surface area contributed by atoms with E-state index in [1.54, 1.807) is 6.92 Å². The molecule has 0 bridgehead atoms. The van der Waals surface area contributed by atoms with Crippen LogP contribution in [0.4, 0.5) is 26.3 Å². The molecule has 0 aliphatic heterocycles. The fourth-order valence-corrected chi connectivity index (χ4v) is 2.47. The van der Waals surface area contributed by atoms with Crippen LogP contribution in [-0.4, -0.2) is 30.3 Å². The number of aryl methyl sites for hydroxylation is 1. The molecule has 5 nitrogen and oxygen atoms in total. The molecule has 1 aromatic rings. The average molecular weight is 403 g/mol. The van der Waals surface area contributed by atoms with Gasteiger partial charge < -0.3 is 20.3 Å². The third-order valence-electron chi connectivity index (χ3n) is 3.65. The number of aliphatic carboxylic acids is 1. The summed E-state index contributed by atoms with van der Waals surface area (Å²) >= 11 is 0. The lowest BCUT2D eigenvalue weighted by Gasteiger charge is -2.17. The first-order valence-electron chi connectivity index (χ1n) is 7.87. The number of hydrogen-bond donors (Lipinski definition) is 2. The van der Waals surface area contributed by atoms with E-state index in [-0.39, 0.29) is 30.9 Å². The van der Waals surface area contributed by atoms with E-state index in [1.807, 2.05) is 0 Å². The molecular weight excluding hydrogens is 384 g/mol. The molecule has 1 aromatic carbocycles. The Hall–Kier alpha value is -2.17. The maximum atomic E-state index is 12.4. The van der Waals surface area contributed by atoms with Gasteiger partial charge in [0.05, 0.1) is 5.92 Å². The fraction of sp³-hybridized carbons (Fsp3) is 0.562. The first kappa shape index (κ1) is 22.9. The summed E-state index contributed by atoms with van der Waals surface area (Å²) in [5, 5.41) is 8.97. The number of hydrogen-bond acceptors (Lipinski definition) is 4. The van der Waals surface area contributed by atoms with Crippen molar-refractivity contribution >= 4 is 5.97 Å². The lowest BCUT2D eigenvalue weighted by molar-refractivity contribution is -0.276. The zero-order valence-corrected chi connectivity index (χ0v) is 14.2. The van der Waals surface area contributed by atoms with Crippen molar-refractivity contribution in [2.24, 2.45) is 17.6 Å². The predicted octanol–water partition coefficient (Wildman–Crippen LogP) is 4.10. The van der Waals surface area contributed by atoms with E-state index in [0.717, 1.165) is 12.1 Å². The Morgan fingerprint density at radius 3 is 1.93 bits per heavy atom. The first-order chi connectivity index (χ1) is 12.3. The zero-order chi connectivity index (χ0) is 20.8. The standard InChI is InChI=1S/C16H19F6NO4/c1-9(4-11(8-23)14(24)25)2-3-10-5-12(26-15(17,18)19)7-13(6-10)27-16(20,21)22/h5-7,9,11H,2-4,8,23H2,1H3,(H,24,25). The average Bonchev–Trinajstić information content (AvgIpc) is 2.46. The minimum Gasteiger partial charge on any atom is -0.481 e. The molecule has 0 saturated carbocycles. The van der Waals surface area contributed by atoms with Crippen molar-refractivity contribution in [2.45, 2.75) is 38.9 Å². The molecule has 1 rings (SSSR count). The lowest BCUT2D eigenvalue weighted by atomic mass is 9.91. The molecule has 3 N–H and O–H groups in total. The summed E-state index contributed by atoms with van der Waals surface area (Å²) in [6, 6.07) is 2.41. The highest BCUT2D eigenvalue weighted by Gasteiger charge is 2.34. The van der Waals surface area contributed by atoms with E-state index in [9.17, 15) is 31.1 Å². The number of ether oxygens (including phenoxy) is 2. The van der Waals surface area contributed by atoms with Crippen LogP contribution < -0.4 is 15.2 Å². The van der Waals surface area contributed by atoms with Gasteiger partial charge in [0.2, 0.25) is 0 Å². The van der Waals surface area contributed by atoms with E-state index in [1.165, 1.54) is 0 Å². The number of halogens is 6. The highest BCUT2D eigenvalue weighted by molar-refractivity contribution is 5.70. The molecule has 0 spiro atoms. The van der Waals surface area contributed by atoms with Gasteiger partial charge in [-0.25, -0.2) is 0 Å². The molecule has 11 heteroatoms. The highest BCUT2D eigenvalue weighted by atomic mass is 19.4. The number of rotatable bonds is 9. The second kappa shape index (κ2) is 9.16. The minimum absolute atomic E-state index is 0.0713. The quantitative estimate of drug-likeness (QED) is 0.607. The van der Waals surface area contributed by atoms with Crippen LogP contribution in [0.1, 0.15) is 25.3 Å². The molecule has 0 amide bonds. The Labute approximate surface area is 151 Å². The number of benzene rings is 1. The molecule has 0 fully saturated rings. The number of carboxylic acid groups (broad SMARTS) is 1. The molecule has 154 valence electrons. The van der Waals surface area contributed by atoms with Gasteiger partial charge in [-0.15, -0.1) is 26.3 Å². The predicted molar refractivity (Wildman–Crippen MR) is 82.1 cm³/mol. The van der Waals surface area contributed by atoms with Gasteiger partial charge in [-0.2, -0.15) is 0 Å². The van der Waals surface area contributed by atoms with E-state index < -0.39 is 36.1 Å². The van der Waals surface area contributed by atoms with Crippen molar-refractivity contribution < 1.29 is 45.7 Å². The molecule has 2 atom stereocenters. The summed E-state index contributed by atoms with van der Waals surface area (Å²) in [4.78, 5) is 11.0. The van der Waals surface area contributed by atoms with Crippen molar-refractivity contribution in [1.29, 1.82) is 0 Å². The molecular formula is C16H19F6NO4. The third-order valence-corrected chi connectivity index (χ3v) is 3.65. The number of alkyl halides is 6. The largest absolute Gasteiger partial charge is 0.573 e. The maximum absolute atomic E-state index is 12.4. The molecule has 0 aliphatic rings. The van der Waals surface area contributed by atoms with E-state index in [4.69, 9.17) is 10.8 Å². The summed E-state index contributed by atoms with van der Waals surface area (Å²) < 4.78 is 81.5. The number of carbonyl (C=O) groups is 1. The Bertz CT molecular complexity index is 598. The van der Waals surface area contributed by atoms with Crippen molar-refractivity contribution in [2.75, 3.05) is 6.54 Å². The number of carboxylic acids is 1. The van der Waals surface area contributed by atoms with Crippen LogP contribution in [0.25, 0.3) is 0 Å². The molecule has 0 aromatic heterocycles. The normalized spacial score (nSPS) is 14.5. The molecule has 0 saturated heterocycles. The summed E-state index contributed by atoms with van der Waals surface area (Å²) in [5.74, 6) is -3.68. The monoisotopic (exact) mass is 403 g/mol. The van der Waals surface area contributed by atoms with Gasteiger partial charge in [0.25, 0.3) is 0 Å². The van der Waals surface area contributed by atoms with Crippen LogP contribution in [0, 0.1) is 11.8 Å². The van der Waals surface area contributed by atoms with Crippen LogP contribution in [-0.2, 0) is 11.2 Å². The van der Waals surface area contributed by atoms with E-state index in [0.29, 0.717) is 12.5 Å². The SMILES string of the molecule is CC(CCc1cc(OC(F)(F)F)cc(OC(F)(F)F)c1)CC(CN)C(=O)O. The van der Waals surface area contributed by atoms with Crippen LogP contribution in [0.3, 0.4) is 0 Å². The Morgan fingerprint density at radius 1 is 1.07 bits per heavy atom. The second-order valence-electron chi connectivity index (χ2n) is 6.06. The van der Waals surface area contributed by atoms with Crippen LogP contribution >= 0.6 is 0 Å². The zero-order valence-electron chi connectivity index (χ0n) is 14.2. The Kier molecular flexibility index (Phi) is 7.76. The summed E-state index contributed by atoms with van der Waals surface area (Å²) in [7, 11) is 0.